The summed E-state index contributed by atoms with van der Waals surface area (Å²) < 4.78 is 0. The van der Waals surface area contributed by atoms with Gasteiger partial charge in [-0.2, -0.15) is 0 Å². The van der Waals surface area contributed by atoms with Crippen LogP contribution in [0.5, 0.6) is 0 Å². The minimum atomic E-state index is -0.797. The number of allylic oxidation sites excluding steroid dienone is 2. The molecular weight excluding hydrogens is 316 g/mol. The lowest BCUT2D eigenvalue weighted by molar-refractivity contribution is -0.137. The lowest BCUT2D eigenvalue weighted by Gasteiger charge is -2.22. The first-order chi connectivity index (χ1) is 11.9. The van der Waals surface area contributed by atoms with E-state index < -0.39 is 11.6 Å². The molecule has 1 aliphatic rings. The van der Waals surface area contributed by atoms with Gasteiger partial charge in [-0.25, -0.2) is 0 Å². The Kier molecular flexibility index (Phi) is 10.1. The molecule has 4 heteroatoms. The van der Waals surface area contributed by atoms with Crippen LogP contribution in [0.25, 0.3) is 0 Å². The minimum absolute atomic E-state index is 0.0984. The first kappa shape index (κ1) is 21.9. The molecule has 1 unspecified atom stereocenters. The zero-order valence-electron chi connectivity index (χ0n) is 15.9. The fraction of sp³-hybridized carbons (Fsp3) is 0.762. The van der Waals surface area contributed by atoms with Crippen LogP contribution in [-0.4, -0.2) is 33.0 Å². The van der Waals surface area contributed by atoms with Gasteiger partial charge in [-0.1, -0.05) is 50.5 Å². The third-order valence-electron chi connectivity index (χ3n) is 5.15. The summed E-state index contributed by atoms with van der Waals surface area (Å²) in [5, 5.41) is 29.3. The summed E-state index contributed by atoms with van der Waals surface area (Å²) in [5.74, 6) is -0.252. The van der Waals surface area contributed by atoms with Crippen molar-refractivity contribution in [3.63, 3.8) is 0 Å². The first-order valence-electron chi connectivity index (χ1n) is 9.82. The third kappa shape index (κ3) is 9.22. The molecule has 1 fully saturated rings. The molecule has 0 aromatic carbocycles. The number of rotatable bonds is 12. The van der Waals surface area contributed by atoms with E-state index in [9.17, 15) is 15.0 Å². The van der Waals surface area contributed by atoms with Crippen LogP contribution in [0.2, 0.25) is 0 Å². The summed E-state index contributed by atoms with van der Waals surface area (Å²) in [6, 6.07) is 0. The predicted molar refractivity (Wildman–Crippen MR) is 101 cm³/mol. The van der Waals surface area contributed by atoms with Crippen molar-refractivity contribution in [1.29, 1.82) is 0 Å². The van der Waals surface area contributed by atoms with E-state index in [-0.39, 0.29) is 18.4 Å². The summed E-state index contributed by atoms with van der Waals surface area (Å²) in [5.41, 5.74) is -0.797. The molecule has 4 atom stereocenters. The van der Waals surface area contributed by atoms with Crippen molar-refractivity contribution in [2.24, 2.45) is 11.8 Å². The van der Waals surface area contributed by atoms with Crippen molar-refractivity contribution < 1.29 is 20.1 Å². The lowest BCUT2D eigenvalue weighted by atomic mass is 9.88. The molecule has 0 aromatic heterocycles. The number of hydrogen-bond acceptors (Lipinski definition) is 3. The average molecular weight is 353 g/mol. The first-order valence-corrected chi connectivity index (χ1v) is 9.82. The average Bonchev–Trinajstić information content (AvgIpc) is 2.89. The van der Waals surface area contributed by atoms with Crippen LogP contribution >= 0.6 is 0 Å². The molecule has 3 N–H and O–H groups in total. The second-order valence-electron chi connectivity index (χ2n) is 7.65. The van der Waals surface area contributed by atoms with E-state index >= 15 is 0 Å². The van der Waals surface area contributed by atoms with E-state index in [1.807, 2.05) is 19.1 Å². The number of carbonyl (C=O) groups is 1. The SMILES string of the molecule is CCCCC[C@](C)(O)/C=C/C1[C@@H](C/C=C\CCCC(=O)O)CC[C@H]1O. The maximum atomic E-state index is 10.5. The highest BCUT2D eigenvalue weighted by molar-refractivity contribution is 5.66. The number of unbranched alkanes of at least 4 members (excludes halogenated alkanes) is 3. The Morgan fingerprint density at radius 1 is 1.20 bits per heavy atom. The van der Waals surface area contributed by atoms with Crippen LogP contribution in [0, 0.1) is 11.8 Å². The Balaban J connectivity index is 2.45. The largest absolute Gasteiger partial charge is 0.481 e. The maximum Gasteiger partial charge on any atom is 0.303 e. The number of aliphatic hydroxyl groups excluding tert-OH is 1. The van der Waals surface area contributed by atoms with Crippen LogP contribution in [0.15, 0.2) is 24.3 Å². The summed E-state index contributed by atoms with van der Waals surface area (Å²) in [7, 11) is 0. The van der Waals surface area contributed by atoms with E-state index in [1.165, 1.54) is 0 Å². The van der Waals surface area contributed by atoms with Gasteiger partial charge in [0.25, 0.3) is 0 Å². The number of hydrogen-bond donors (Lipinski definition) is 3. The molecule has 4 nitrogen and oxygen atoms in total. The summed E-state index contributed by atoms with van der Waals surface area (Å²) >= 11 is 0. The Morgan fingerprint density at radius 3 is 2.64 bits per heavy atom. The molecule has 0 amide bonds. The van der Waals surface area contributed by atoms with Gasteiger partial charge < -0.3 is 15.3 Å². The zero-order chi connectivity index (χ0) is 18.7. The Hall–Kier alpha value is -1.13. The normalized spacial score (nSPS) is 26.5. The molecule has 0 heterocycles. The van der Waals surface area contributed by atoms with Gasteiger partial charge in [0.05, 0.1) is 11.7 Å². The van der Waals surface area contributed by atoms with E-state index in [4.69, 9.17) is 5.11 Å². The maximum absolute atomic E-state index is 10.5. The van der Waals surface area contributed by atoms with Gasteiger partial charge >= 0.3 is 5.97 Å². The highest BCUT2D eigenvalue weighted by atomic mass is 16.4. The standard InChI is InChI=1S/C21H36O4/c1-3-4-9-15-21(2,25)16-14-18-17(12-13-19(18)22)10-7-5-6-8-11-20(23)24/h5,7,14,16-19,22,25H,3-4,6,8-13,15H2,1-2H3,(H,23,24)/b7-5-,16-14+/t17-,18?,19+,21-/m0/s1. The zero-order valence-corrected chi connectivity index (χ0v) is 15.9. The van der Waals surface area contributed by atoms with Crippen LogP contribution < -0.4 is 0 Å². The Labute approximate surface area is 152 Å². The van der Waals surface area contributed by atoms with Gasteiger partial charge in [0.15, 0.2) is 0 Å². The van der Waals surface area contributed by atoms with Crippen LogP contribution in [-0.2, 0) is 4.79 Å². The number of carboxylic acid groups (broad SMARTS) is 1. The van der Waals surface area contributed by atoms with Gasteiger partial charge in [0, 0.05) is 12.3 Å². The smallest absolute Gasteiger partial charge is 0.303 e. The van der Waals surface area contributed by atoms with Crippen molar-refractivity contribution in [3.05, 3.63) is 24.3 Å². The number of aliphatic carboxylic acids is 1. The summed E-state index contributed by atoms with van der Waals surface area (Å²) in [6.45, 7) is 4.00. The lowest BCUT2D eigenvalue weighted by Crippen LogP contribution is -2.23. The molecule has 0 saturated heterocycles. The monoisotopic (exact) mass is 352 g/mol. The van der Waals surface area contributed by atoms with Crippen LogP contribution in [0.1, 0.15) is 78.1 Å². The fourth-order valence-corrected chi connectivity index (χ4v) is 3.54. The fourth-order valence-electron chi connectivity index (χ4n) is 3.54. The van der Waals surface area contributed by atoms with E-state index in [0.29, 0.717) is 12.3 Å². The quantitative estimate of drug-likeness (QED) is 0.358. The summed E-state index contributed by atoms with van der Waals surface area (Å²) in [6.07, 6.45) is 16.2. The second kappa shape index (κ2) is 11.5. The van der Waals surface area contributed by atoms with Crippen molar-refractivity contribution >= 4 is 5.97 Å². The number of aliphatic hydroxyl groups is 2. The molecule has 0 aliphatic heterocycles. The molecule has 0 bridgehead atoms. The van der Waals surface area contributed by atoms with Gasteiger partial charge in [-0.15, -0.1) is 0 Å². The molecule has 1 rings (SSSR count). The molecule has 1 saturated carbocycles. The Morgan fingerprint density at radius 2 is 1.96 bits per heavy atom. The molecule has 25 heavy (non-hydrogen) atoms. The minimum Gasteiger partial charge on any atom is -0.481 e. The van der Waals surface area contributed by atoms with Crippen molar-refractivity contribution in [2.45, 2.75) is 89.8 Å². The molecule has 1 aliphatic carbocycles. The highest BCUT2D eigenvalue weighted by Gasteiger charge is 2.32. The molecule has 144 valence electrons. The topological polar surface area (TPSA) is 77.8 Å². The van der Waals surface area contributed by atoms with Crippen molar-refractivity contribution in [1.82, 2.24) is 0 Å². The van der Waals surface area contributed by atoms with Gasteiger partial charge in [0.1, 0.15) is 0 Å². The van der Waals surface area contributed by atoms with E-state index in [2.05, 4.69) is 19.1 Å². The van der Waals surface area contributed by atoms with Crippen molar-refractivity contribution in [3.8, 4) is 0 Å². The summed E-state index contributed by atoms with van der Waals surface area (Å²) in [4.78, 5) is 10.5. The predicted octanol–water partition coefficient (Wildman–Crippen LogP) is 4.46. The van der Waals surface area contributed by atoms with Crippen molar-refractivity contribution in [2.75, 3.05) is 0 Å². The highest BCUT2D eigenvalue weighted by Crippen LogP contribution is 2.36. The van der Waals surface area contributed by atoms with Gasteiger partial charge in [-0.3, -0.25) is 4.79 Å². The Bertz CT molecular complexity index is 439. The molecule has 0 radical (unpaired) electrons. The van der Waals surface area contributed by atoms with Crippen LogP contribution in [0.4, 0.5) is 0 Å². The van der Waals surface area contributed by atoms with Gasteiger partial charge in [-0.05, 0) is 51.4 Å². The van der Waals surface area contributed by atoms with E-state index in [0.717, 1.165) is 51.4 Å². The van der Waals surface area contributed by atoms with E-state index in [1.54, 1.807) is 0 Å². The van der Waals surface area contributed by atoms with Crippen LogP contribution in [0.3, 0.4) is 0 Å². The molecule has 0 aromatic rings. The molecule has 0 spiro atoms. The third-order valence-corrected chi connectivity index (χ3v) is 5.15. The van der Waals surface area contributed by atoms with Gasteiger partial charge in [0.2, 0.25) is 0 Å². The second-order valence-corrected chi connectivity index (χ2v) is 7.65. The number of carboxylic acids is 1. The molecular formula is C21H36O4.